The minimum Gasteiger partial charge on any atom is -0.339 e. The number of thioether (sulfide) groups is 1. The number of benzene rings is 1. The Hall–Kier alpha value is -1.56. The second-order valence-electron chi connectivity index (χ2n) is 4.83. The van der Waals surface area contributed by atoms with E-state index in [1.165, 1.54) is 28.2 Å². The molecule has 0 saturated carbocycles. The monoisotopic (exact) mass is 339 g/mol. The largest absolute Gasteiger partial charge is 0.339 e. The average Bonchev–Trinajstić information content (AvgIpc) is 2.55. The van der Waals surface area contributed by atoms with Gasteiger partial charge in [0.15, 0.2) is 0 Å². The number of hydrogen-bond acceptors (Lipinski definition) is 5. The third-order valence-electron chi connectivity index (χ3n) is 3.48. The zero-order valence-electron chi connectivity index (χ0n) is 12.2. The molecule has 0 aromatic heterocycles. The van der Waals surface area contributed by atoms with Gasteiger partial charge < -0.3 is 4.90 Å². The van der Waals surface area contributed by atoms with Crippen molar-refractivity contribution < 1.29 is 13.2 Å². The molecular formula is C14H17N3O3S2. The molecule has 0 N–H and O–H groups in total. The molecular weight excluding hydrogens is 322 g/mol. The predicted octanol–water partition coefficient (Wildman–Crippen LogP) is 0.754. The Balaban J connectivity index is 2.13. The zero-order valence-corrected chi connectivity index (χ0v) is 13.9. The number of nitriles is 1. The maximum Gasteiger partial charge on any atom is 0.244 e. The van der Waals surface area contributed by atoms with E-state index in [1.54, 1.807) is 17.0 Å². The molecule has 1 aliphatic rings. The van der Waals surface area contributed by atoms with Crippen LogP contribution in [0.4, 0.5) is 0 Å². The molecule has 2 rings (SSSR count). The van der Waals surface area contributed by atoms with E-state index >= 15 is 0 Å². The van der Waals surface area contributed by atoms with Crippen molar-refractivity contribution in [2.75, 3.05) is 38.2 Å². The normalized spacial score (nSPS) is 16.3. The van der Waals surface area contributed by atoms with E-state index in [1.807, 2.05) is 12.3 Å². The van der Waals surface area contributed by atoms with Gasteiger partial charge in [-0.3, -0.25) is 4.79 Å². The number of nitrogens with zero attached hydrogens (tertiary/aromatic N) is 3. The standard InChI is InChI=1S/C14H17N3O3S2/c1-21-11-14(18)16-6-8-17(9-7-16)22(19,20)13-5-3-2-4-12(13)10-15/h2-5H,6-9,11H2,1H3. The highest BCUT2D eigenvalue weighted by atomic mass is 32.2. The van der Waals surface area contributed by atoms with Crippen LogP contribution < -0.4 is 0 Å². The molecule has 0 radical (unpaired) electrons. The third kappa shape index (κ3) is 3.43. The topological polar surface area (TPSA) is 81.5 Å². The maximum absolute atomic E-state index is 12.6. The van der Waals surface area contributed by atoms with Crippen LogP contribution in [0.15, 0.2) is 29.2 Å². The average molecular weight is 339 g/mol. The van der Waals surface area contributed by atoms with Gasteiger partial charge in [-0.15, -0.1) is 0 Å². The van der Waals surface area contributed by atoms with Crippen LogP contribution in [0, 0.1) is 11.3 Å². The molecule has 0 unspecified atom stereocenters. The fourth-order valence-electron chi connectivity index (χ4n) is 2.32. The van der Waals surface area contributed by atoms with Crippen molar-refractivity contribution in [1.82, 2.24) is 9.21 Å². The molecule has 1 aliphatic heterocycles. The first-order valence-electron chi connectivity index (χ1n) is 6.76. The summed E-state index contributed by atoms with van der Waals surface area (Å²) in [7, 11) is -3.70. The van der Waals surface area contributed by atoms with Gasteiger partial charge in [0.25, 0.3) is 0 Å². The SMILES string of the molecule is CSCC(=O)N1CCN(S(=O)(=O)c2ccccc2C#N)CC1. The molecule has 22 heavy (non-hydrogen) atoms. The fraction of sp³-hybridized carbons (Fsp3) is 0.429. The molecule has 1 heterocycles. The van der Waals surface area contributed by atoms with Crippen molar-refractivity contribution in [2.45, 2.75) is 4.90 Å². The van der Waals surface area contributed by atoms with Gasteiger partial charge in [0.05, 0.1) is 16.2 Å². The summed E-state index contributed by atoms with van der Waals surface area (Å²) in [6.07, 6.45) is 1.86. The molecule has 0 spiro atoms. The Morgan fingerprint density at radius 2 is 1.91 bits per heavy atom. The fourth-order valence-corrected chi connectivity index (χ4v) is 4.31. The summed E-state index contributed by atoms with van der Waals surface area (Å²) in [5.41, 5.74) is 0.142. The van der Waals surface area contributed by atoms with Crippen LogP contribution in [-0.4, -0.2) is 61.7 Å². The second-order valence-corrected chi connectivity index (χ2v) is 7.60. The molecule has 8 heteroatoms. The van der Waals surface area contributed by atoms with Gasteiger partial charge in [-0.2, -0.15) is 21.3 Å². The Morgan fingerprint density at radius 1 is 1.27 bits per heavy atom. The van der Waals surface area contributed by atoms with Crippen molar-refractivity contribution in [3.63, 3.8) is 0 Å². The van der Waals surface area contributed by atoms with Gasteiger partial charge in [0.2, 0.25) is 15.9 Å². The van der Waals surface area contributed by atoms with E-state index in [2.05, 4.69) is 0 Å². The molecule has 1 saturated heterocycles. The summed E-state index contributed by atoms with van der Waals surface area (Å²) >= 11 is 1.45. The van der Waals surface area contributed by atoms with E-state index in [-0.39, 0.29) is 29.5 Å². The Labute approximate surface area is 134 Å². The number of rotatable bonds is 4. The maximum atomic E-state index is 12.6. The van der Waals surface area contributed by atoms with Crippen LogP contribution in [0.2, 0.25) is 0 Å². The summed E-state index contributed by atoms with van der Waals surface area (Å²) < 4.78 is 26.6. The van der Waals surface area contributed by atoms with Gasteiger partial charge in [-0.05, 0) is 18.4 Å². The Morgan fingerprint density at radius 3 is 2.50 bits per heavy atom. The minimum absolute atomic E-state index is 0.0291. The molecule has 0 atom stereocenters. The van der Waals surface area contributed by atoms with Crippen LogP contribution in [0.5, 0.6) is 0 Å². The number of piperazine rings is 1. The van der Waals surface area contributed by atoms with Crippen LogP contribution >= 0.6 is 11.8 Å². The summed E-state index contributed by atoms with van der Waals surface area (Å²) in [6, 6.07) is 8.08. The number of hydrogen-bond donors (Lipinski definition) is 0. The predicted molar refractivity (Wildman–Crippen MR) is 84.9 cm³/mol. The van der Waals surface area contributed by atoms with Crippen molar-refractivity contribution in [3.05, 3.63) is 29.8 Å². The van der Waals surface area contributed by atoms with E-state index in [4.69, 9.17) is 5.26 Å². The third-order valence-corrected chi connectivity index (χ3v) is 5.98. The van der Waals surface area contributed by atoms with E-state index in [0.717, 1.165) is 0 Å². The highest BCUT2D eigenvalue weighted by Crippen LogP contribution is 2.21. The second kappa shape index (κ2) is 7.13. The molecule has 1 aromatic rings. The van der Waals surface area contributed by atoms with E-state index < -0.39 is 10.0 Å². The zero-order chi connectivity index (χ0) is 16.2. The minimum atomic E-state index is -3.70. The van der Waals surface area contributed by atoms with Crippen LogP contribution in [-0.2, 0) is 14.8 Å². The van der Waals surface area contributed by atoms with Crippen LogP contribution in [0.1, 0.15) is 5.56 Å². The van der Waals surface area contributed by atoms with Gasteiger partial charge in [-0.1, -0.05) is 12.1 Å². The molecule has 6 nitrogen and oxygen atoms in total. The summed E-state index contributed by atoms with van der Waals surface area (Å²) in [6.45, 7) is 1.27. The molecule has 1 aromatic carbocycles. The number of amides is 1. The molecule has 0 aliphatic carbocycles. The highest BCUT2D eigenvalue weighted by Gasteiger charge is 2.31. The lowest BCUT2D eigenvalue weighted by Gasteiger charge is -2.34. The van der Waals surface area contributed by atoms with Gasteiger partial charge in [-0.25, -0.2) is 8.42 Å². The van der Waals surface area contributed by atoms with Gasteiger partial charge >= 0.3 is 0 Å². The summed E-state index contributed by atoms with van der Waals surface area (Å²) in [4.78, 5) is 13.5. The van der Waals surface area contributed by atoms with E-state index in [9.17, 15) is 13.2 Å². The number of carbonyl (C=O) groups is 1. The first-order valence-corrected chi connectivity index (χ1v) is 9.60. The summed E-state index contributed by atoms with van der Waals surface area (Å²) in [5.74, 6) is 0.436. The van der Waals surface area contributed by atoms with Crippen LogP contribution in [0.25, 0.3) is 0 Å². The lowest BCUT2D eigenvalue weighted by molar-refractivity contribution is -0.129. The Kier molecular flexibility index (Phi) is 5.45. The summed E-state index contributed by atoms with van der Waals surface area (Å²) in [5, 5.41) is 9.07. The van der Waals surface area contributed by atoms with Crippen LogP contribution in [0.3, 0.4) is 0 Å². The molecule has 0 bridgehead atoms. The smallest absolute Gasteiger partial charge is 0.244 e. The van der Waals surface area contributed by atoms with Crippen molar-refractivity contribution in [3.8, 4) is 6.07 Å². The highest BCUT2D eigenvalue weighted by molar-refractivity contribution is 7.99. The van der Waals surface area contributed by atoms with E-state index in [0.29, 0.717) is 18.8 Å². The lowest BCUT2D eigenvalue weighted by atomic mass is 10.2. The van der Waals surface area contributed by atoms with Crippen molar-refractivity contribution in [1.29, 1.82) is 5.26 Å². The quantitative estimate of drug-likeness (QED) is 0.809. The Bertz CT molecular complexity index is 690. The van der Waals surface area contributed by atoms with Gasteiger partial charge in [0.1, 0.15) is 6.07 Å². The van der Waals surface area contributed by atoms with Crippen molar-refractivity contribution in [2.24, 2.45) is 0 Å². The number of sulfonamides is 1. The van der Waals surface area contributed by atoms with Gasteiger partial charge in [0, 0.05) is 26.2 Å². The molecule has 1 amide bonds. The molecule has 118 valence electrons. The van der Waals surface area contributed by atoms with Crippen molar-refractivity contribution >= 4 is 27.7 Å². The first kappa shape index (κ1) is 16.8. The molecule has 1 fully saturated rings. The lowest BCUT2D eigenvalue weighted by Crippen LogP contribution is -2.51. The first-order chi connectivity index (χ1) is 10.5. The number of carbonyl (C=O) groups excluding carboxylic acids is 1.